The van der Waals surface area contributed by atoms with E-state index in [4.69, 9.17) is 10.8 Å². The van der Waals surface area contributed by atoms with Crippen LogP contribution in [0, 0.1) is 5.41 Å². The molecule has 0 saturated heterocycles. The average Bonchev–Trinajstić information content (AvgIpc) is 2.40. The second-order valence-electron chi connectivity index (χ2n) is 5.99. The lowest BCUT2D eigenvalue weighted by Crippen LogP contribution is -2.45. The molecule has 1 aromatic carbocycles. The summed E-state index contributed by atoms with van der Waals surface area (Å²) >= 11 is 0. The monoisotopic (exact) mass is 296 g/mol. The number of carbonyl (C=O) groups excluding carboxylic acids is 1. The van der Waals surface area contributed by atoms with Crippen molar-refractivity contribution in [2.45, 2.75) is 32.7 Å². The van der Waals surface area contributed by atoms with Crippen LogP contribution in [0.15, 0.2) is 18.2 Å². The third kappa shape index (κ3) is 5.61. The molecular weight excluding hydrogens is 272 g/mol. The van der Waals surface area contributed by atoms with Crippen molar-refractivity contribution in [3.63, 3.8) is 0 Å². The smallest absolute Gasteiger partial charge is 0.237 e. The molecule has 0 fully saturated rings. The van der Waals surface area contributed by atoms with Gasteiger partial charge in [0, 0.05) is 13.2 Å². The van der Waals surface area contributed by atoms with E-state index in [2.05, 4.69) is 5.32 Å². The number of carbonyl (C=O) groups is 1. The fraction of sp³-hybridized carbons (Fsp3) is 0.533. The van der Waals surface area contributed by atoms with Crippen LogP contribution in [0.3, 0.4) is 0 Å². The van der Waals surface area contributed by atoms with Crippen LogP contribution >= 0.6 is 0 Å². The predicted octanol–water partition coefficient (Wildman–Crippen LogP) is 0.492. The second kappa shape index (κ2) is 7.28. The van der Waals surface area contributed by atoms with E-state index in [1.54, 1.807) is 6.07 Å². The molecule has 0 bridgehead atoms. The van der Waals surface area contributed by atoms with Gasteiger partial charge in [-0.3, -0.25) is 4.79 Å². The molecule has 6 heteroatoms. The van der Waals surface area contributed by atoms with Gasteiger partial charge in [-0.05, 0) is 36.0 Å². The van der Waals surface area contributed by atoms with E-state index >= 15 is 0 Å². The van der Waals surface area contributed by atoms with Gasteiger partial charge in [-0.15, -0.1) is 0 Å². The normalized spacial score (nSPS) is 13.0. The van der Waals surface area contributed by atoms with Gasteiger partial charge in [0.05, 0.1) is 6.04 Å². The minimum absolute atomic E-state index is 0.0711. The lowest BCUT2D eigenvalue weighted by Gasteiger charge is -2.24. The number of phenolic OH excluding ortho intramolecular Hbond substituents is 2. The fourth-order valence-electron chi connectivity index (χ4n) is 1.89. The highest BCUT2D eigenvalue weighted by Crippen LogP contribution is 2.25. The van der Waals surface area contributed by atoms with Crippen molar-refractivity contribution in [3.05, 3.63) is 23.8 Å². The van der Waals surface area contributed by atoms with Gasteiger partial charge in [0.25, 0.3) is 0 Å². The Morgan fingerprint density at radius 1 is 1.33 bits per heavy atom. The Labute approximate surface area is 124 Å². The Kier molecular flexibility index (Phi) is 5.99. The van der Waals surface area contributed by atoms with Crippen molar-refractivity contribution in [1.29, 1.82) is 0 Å². The van der Waals surface area contributed by atoms with Gasteiger partial charge in [0.1, 0.15) is 0 Å². The molecule has 6 N–H and O–H groups in total. The maximum atomic E-state index is 11.9. The van der Waals surface area contributed by atoms with Gasteiger partial charge < -0.3 is 26.4 Å². The van der Waals surface area contributed by atoms with Gasteiger partial charge in [0.15, 0.2) is 11.5 Å². The van der Waals surface area contributed by atoms with E-state index in [1.165, 1.54) is 12.1 Å². The standard InChI is InChI=1S/C15H24N2O4/c1-15(2,5-6-18)9-17-14(21)11(16)7-10-3-4-12(19)13(20)8-10/h3-4,8,11,18-20H,5-7,9,16H2,1-2H3,(H,17,21)/t11-/m0/s1. The molecule has 6 nitrogen and oxygen atoms in total. The number of rotatable bonds is 7. The maximum absolute atomic E-state index is 11.9. The number of nitrogens with two attached hydrogens (primary N) is 1. The molecule has 0 aliphatic carbocycles. The summed E-state index contributed by atoms with van der Waals surface area (Å²) in [6.07, 6.45) is 0.856. The molecule has 0 heterocycles. The number of amides is 1. The van der Waals surface area contributed by atoms with E-state index in [9.17, 15) is 15.0 Å². The molecular formula is C15H24N2O4. The van der Waals surface area contributed by atoms with Gasteiger partial charge >= 0.3 is 0 Å². The molecule has 0 aromatic heterocycles. The topological polar surface area (TPSA) is 116 Å². The van der Waals surface area contributed by atoms with Gasteiger partial charge in [0.2, 0.25) is 5.91 Å². The summed E-state index contributed by atoms with van der Waals surface area (Å²) in [7, 11) is 0. The molecule has 118 valence electrons. The summed E-state index contributed by atoms with van der Waals surface area (Å²) in [6, 6.07) is 3.62. The van der Waals surface area contributed by atoms with Gasteiger partial charge in [-0.25, -0.2) is 0 Å². The number of benzene rings is 1. The number of aromatic hydroxyl groups is 2. The lowest BCUT2D eigenvalue weighted by atomic mass is 9.89. The second-order valence-corrected chi connectivity index (χ2v) is 5.99. The fourth-order valence-corrected chi connectivity index (χ4v) is 1.89. The molecule has 0 saturated carbocycles. The van der Waals surface area contributed by atoms with Crippen LogP contribution in [0.25, 0.3) is 0 Å². The first-order chi connectivity index (χ1) is 9.75. The molecule has 1 aromatic rings. The summed E-state index contributed by atoms with van der Waals surface area (Å²) < 4.78 is 0. The third-order valence-corrected chi connectivity index (χ3v) is 3.36. The minimum Gasteiger partial charge on any atom is -0.504 e. The zero-order chi connectivity index (χ0) is 16.0. The number of phenols is 2. The van der Waals surface area contributed by atoms with Crippen molar-refractivity contribution < 1.29 is 20.1 Å². The molecule has 1 atom stereocenters. The first-order valence-electron chi connectivity index (χ1n) is 6.90. The number of hydrogen-bond donors (Lipinski definition) is 5. The van der Waals surface area contributed by atoms with Crippen LogP contribution in [-0.2, 0) is 11.2 Å². The minimum atomic E-state index is -0.737. The van der Waals surface area contributed by atoms with Crippen LogP contribution in [0.2, 0.25) is 0 Å². The van der Waals surface area contributed by atoms with E-state index in [1.807, 2.05) is 13.8 Å². The number of hydrogen-bond acceptors (Lipinski definition) is 5. The Morgan fingerprint density at radius 3 is 2.57 bits per heavy atom. The summed E-state index contributed by atoms with van der Waals surface area (Å²) in [4.78, 5) is 11.9. The van der Waals surface area contributed by atoms with E-state index in [0.717, 1.165) is 0 Å². The number of aliphatic hydroxyl groups is 1. The van der Waals surface area contributed by atoms with E-state index in [-0.39, 0.29) is 35.8 Å². The SMILES string of the molecule is CC(C)(CCO)CNC(=O)[C@@H](N)Cc1ccc(O)c(O)c1. The first-order valence-corrected chi connectivity index (χ1v) is 6.90. The zero-order valence-corrected chi connectivity index (χ0v) is 12.5. The number of aliphatic hydroxyl groups excluding tert-OH is 1. The van der Waals surface area contributed by atoms with Gasteiger partial charge in [-0.2, -0.15) is 0 Å². The predicted molar refractivity (Wildman–Crippen MR) is 79.9 cm³/mol. The molecule has 0 unspecified atom stereocenters. The van der Waals surface area contributed by atoms with Crippen LogP contribution in [-0.4, -0.2) is 40.4 Å². The van der Waals surface area contributed by atoms with E-state index in [0.29, 0.717) is 18.5 Å². The molecule has 0 aliphatic heterocycles. The largest absolute Gasteiger partial charge is 0.504 e. The third-order valence-electron chi connectivity index (χ3n) is 3.36. The summed E-state index contributed by atoms with van der Waals surface area (Å²) in [5.41, 5.74) is 6.31. The summed E-state index contributed by atoms with van der Waals surface area (Å²) in [6.45, 7) is 4.41. The Balaban J connectivity index is 2.53. The molecule has 21 heavy (non-hydrogen) atoms. The van der Waals surface area contributed by atoms with Crippen LogP contribution in [0.4, 0.5) is 0 Å². The van der Waals surface area contributed by atoms with Crippen molar-refractivity contribution in [3.8, 4) is 11.5 Å². The lowest BCUT2D eigenvalue weighted by molar-refractivity contribution is -0.122. The van der Waals surface area contributed by atoms with E-state index < -0.39 is 6.04 Å². The van der Waals surface area contributed by atoms with Crippen molar-refractivity contribution >= 4 is 5.91 Å². The maximum Gasteiger partial charge on any atom is 0.237 e. The zero-order valence-electron chi connectivity index (χ0n) is 12.5. The summed E-state index contributed by atoms with van der Waals surface area (Å²) in [5, 5.41) is 30.3. The highest BCUT2D eigenvalue weighted by Gasteiger charge is 2.21. The summed E-state index contributed by atoms with van der Waals surface area (Å²) in [5.74, 6) is -0.722. The van der Waals surface area contributed by atoms with Crippen LogP contribution < -0.4 is 11.1 Å². The Morgan fingerprint density at radius 2 is 2.00 bits per heavy atom. The molecule has 0 radical (unpaired) electrons. The Hall–Kier alpha value is -1.79. The number of nitrogens with one attached hydrogen (secondary N) is 1. The van der Waals surface area contributed by atoms with Crippen molar-refractivity contribution in [2.24, 2.45) is 11.1 Å². The Bertz CT molecular complexity index is 489. The van der Waals surface area contributed by atoms with Crippen molar-refractivity contribution in [1.82, 2.24) is 5.32 Å². The van der Waals surface area contributed by atoms with Gasteiger partial charge in [-0.1, -0.05) is 19.9 Å². The average molecular weight is 296 g/mol. The molecule has 1 rings (SSSR count). The highest BCUT2D eigenvalue weighted by atomic mass is 16.3. The van der Waals surface area contributed by atoms with Crippen LogP contribution in [0.1, 0.15) is 25.8 Å². The van der Waals surface area contributed by atoms with Crippen LogP contribution in [0.5, 0.6) is 11.5 Å². The van der Waals surface area contributed by atoms with Crippen molar-refractivity contribution in [2.75, 3.05) is 13.2 Å². The molecule has 0 aliphatic rings. The quantitative estimate of drug-likeness (QED) is 0.470. The molecule has 1 amide bonds. The first kappa shape index (κ1) is 17.3. The molecule has 0 spiro atoms. The highest BCUT2D eigenvalue weighted by molar-refractivity contribution is 5.81.